The fourth-order valence-electron chi connectivity index (χ4n) is 3.17. The molecule has 0 aliphatic carbocycles. The molecule has 0 radical (unpaired) electrons. The Morgan fingerprint density at radius 2 is 2.00 bits per heavy atom. The lowest BCUT2D eigenvalue weighted by Gasteiger charge is -2.41. The number of likely N-dealkylation sites (tertiary alicyclic amines) is 2. The van der Waals surface area contributed by atoms with Crippen molar-refractivity contribution < 1.29 is 19.4 Å². The van der Waals surface area contributed by atoms with E-state index in [0.29, 0.717) is 25.9 Å². The Morgan fingerprint density at radius 1 is 1.25 bits per heavy atom. The van der Waals surface area contributed by atoms with Crippen molar-refractivity contribution in [1.29, 1.82) is 0 Å². The maximum absolute atomic E-state index is 12.6. The molecule has 3 atom stereocenters. The van der Waals surface area contributed by atoms with Crippen LogP contribution < -0.4 is 0 Å². The monoisotopic (exact) mass is 284 g/mol. The maximum Gasteiger partial charge on any atom is 0.320 e. The van der Waals surface area contributed by atoms with E-state index in [0.717, 1.165) is 19.4 Å². The van der Waals surface area contributed by atoms with Crippen molar-refractivity contribution in [3.05, 3.63) is 0 Å². The number of piperidine rings is 2. The van der Waals surface area contributed by atoms with Crippen LogP contribution >= 0.6 is 0 Å². The molecule has 2 aliphatic heterocycles. The van der Waals surface area contributed by atoms with Crippen LogP contribution in [0.5, 0.6) is 0 Å². The number of methoxy groups -OCH3 is 1. The number of amides is 2. The summed E-state index contributed by atoms with van der Waals surface area (Å²) < 4.78 is 5.34. The second kappa shape index (κ2) is 6.43. The van der Waals surface area contributed by atoms with E-state index in [-0.39, 0.29) is 24.1 Å². The largest absolute Gasteiger partial charge is 0.481 e. The number of nitrogens with zero attached hydrogens (tertiary/aromatic N) is 2. The molecule has 0 aromatic carbocycles. The zero-order valence-corrected chi connectivity index (χ0v) is 12.2. The quantitative estimate of drug-likeness (QED) is 0.832. The molecule has 3 unspecified atom stereocenters. The Bertz CT molecular complexity index is 374. The fraction of sp³-hybridized carbons (Fsp3) is 0.857. The van der Waals surface area contributed by atoms with Gasteiger partial charge in [0.05, 0.1) is 12.0 Å². The predicted octanol–water partition coefficient (Wildman–Crippen LogP) is 1.40. The number of urea groups is 1. The molecule has 2 rings (SSSR count). The molecule has 0 bridgehead atoms. The van der Waals surface area contributed by atoms with Gasteiger partial charge in [0.1, 0.15) is 0 Å². The zero-order chi connectivity index (χ0) is 14.7. The number of hydrogen-bond donors (Lipinski definition) is 1. The number of carbonyl (C=O) groups excluding carboxylic acids is 1. The summed E-state index contributed by atoms with van der Waals surface area (Å²) in [6.45, 7) is 3.88. The van der Waals surface area contributed by atoms with Crippen LogP contribution in [0.15, 0.2) is 0 Å². The molecule has 2 fully saturated rings. The topological polar surface area (TPSA) is 70.1 Å². The number of ether oxygens (including phenoxy) is 1. The smallest absolute Gasteiger partial charge is 0.320 e. The highest BCUT2D eigenvalue weighted by Crippen LogP contribution is 2.25. The summed E-state index contributed by atoms with van der Waals surface area (Å²) in [7, 11) is 1.68. The summed E-state index contributed by atoms with van der Waals surface area (Å²) in [6, 6.07) is 0.0170. The van der Waals surface area contributed by atoms with Crippen molar-refractivity contribution in [2.45, 2.75) is 44.8 Å². The SMILES string of the molecule is COC1CCCN(C(=O)N2CCC(C(=O)O)CC2C)C1. The van der Waals surface area contributed by atoms with Crippen LogP contribution in [0.2, 0.25) is 0 Å². The Kier molecular flexibility index (Phi) is 4.86. The van der Waals surface area contributed by atoms with Crippen molar-refractivity contribution in [2.75, 3.05) is 26.7 Å². The zero-order valence-electron chi connectivity index (χ0n) is 12.2. The van der Waals surface area contributed by atoms with Gasteiger partial charge >= 0.3 is 12.0 Å². The number of carbonyl (C=O) groups is 2. The van der Waals surface area contributed by atoms with Crippen molar-refractivity contribution in [2.24, 2.45) is 5.92 Å². The van der Waals surface area contributed by atoms with Gasteiger partial charge in [-0.15, -0.1) is 0 Å². The Labute approximate surface area is 119 Å². The molecule has 0 spiro atoms. The first kappa shape index (κ1) is 15.1. The van der Waals surface area contributed by atoms with E-state index in [2.05, 4.69) is 0 Å². The van der Waals surface area contributed by atoms with Gasteiger partial charge < -0.3 is 19.6 Å². The number of aliphatic carboxylic acids is 1. The van der Waals surface area contributed by atoms with Gasteiger partial charge in [-0.05, 0) is 32.6 Å². The first-order chi connectivity index (χ1) is 9.52. The number of carboxylic acid groups (broad SMARTS) is 1. The fourth-order valence-corrected chi connectivity index (χ4v) is 3.17. The molecule has 6 heteroatoms. The second-order valence-electron chi connectivity index (χ2n) is 5.83. The van der Waals surface area contributed by atoms with Gasteiger partial charge in [-0.2, -0.15) is 0 Å². The van der Waals surface area contributed by atoms with Crippen molar-refractivity contribution in [3.63, 3.8) is 0 Å². The highest BCUT2D eigenvalue weighted by atomic mass is 16.5. The molecule has 114 valence electrons. The molecule has 0 aromatic heterocycles. The normalized spacial score (nSPS) is 31.2. The minimum Gasteiger partial charge on any atom is -0.481 e. The van der Waals surface area contributed by atoms with Crippen LogP contribution in [0.25, 0.3) is 0 Å². The summed E-state index contributed by atoms with van der Waals surface area (Å²) in [6.07, 6.45) is 3.18. The van der Waals surface area contributed by atoms with E-state index in [9.17, 15) is 9.59 Å². The van der Waals surface area contributed by atoms with Crippen LogP contribution in [0.4, 0.5) is 4.79 Å². The van der Waals surface area contributed by atoms with Crippen LogP contribution in [0.1, 0.15) is 32.6 Å². The van der Waals surface area contributed by atoms with Gasteiger partial charge in [-0.25, -0.2) is 4.79 Å². The third-order valence-corrected chi connectivity index (χ3v) is 4.45. The van der Waals surface area contributed by atoms with Crippen molar-refractivity contribution >= 4 is 12.0 Å². The van der Waals surface area contributed by atoms with E-state index in [1.54, 1.807) is 7.11 Å². The standard InChI is InChI=1S/C14H24N2O4/c1-10-8-11(13(17)18)5-7-16(10)14(19)15-6-3-4-12(9-15)20-2/h10-12H,3-9H2,1-2H3,(H,17,18). The molecule has 1 N–H and O–H groups in total. The number of rotatable bonds is 2. The van der Waals surface area contributed by atoms with E-state index in [1.165, 1.54) is 0 Å². The maximum atomic E-state index is 12.6. The van der Waals surface area contributed by atoms with Crippen LogP contribution in [0.3, 0.4) is 0 Å². The van der Waals surface area contributed by atoms with Crippen LogP contribution in [-0.4, -0.2) is 65.8 Å². The average Bonchev–Trinajstić information content (AvgIpc) is 2.46. The molecule has 2 aliphatic rings. The van der Waals surface area contributed by atoms with Crippen LogP contribution in [0, 0.1) is 5.92 Å². The average molecular weight is 284 g/mol. The Hall–Kier alpha value is -1.30. The second-order valence-corrected chi connectivity index (χ2v) is 5.83. The summed E-state index contributed by atoms with van der Waals surface area (Å²) >= 11 is 0. The summed E-state index contributed by atoms with van der Waals surface area (Å²) in [5, 5.41) is 9.07. The first-order valence-electron chi connectivity index (χ1n) is 7.34. The Balaban J connectivity index is 1.94. The molecule has 2 heterocycles. The lowest BCUT2D eigenvalue weighted by molar-refractivity contribution is -0.143. The summed E-state index contributed by atoms with van der Waals surface area (Å²) in [5.74, 6) is -1.07. The molecule has 2 saturated heterocycles. The van der Waals surface area contributed by atoms with Crippen molar-refractivity contribution in [3.8, 4) is 0 Å². The molecular weight excluding hydrogens is 260 g/mol. The highest BCUT2D eigenvalue weighted by molar-refractivity contribution is 5.76. The van der Waals surface area contributed by atoms with Gasteiger partial charge in [0.25, 0.3) is 0 Å². The van der Waals surface area contributed by atoms with Crippen LogP contribution in [-0.2, 0) is 9.53 Å². The van der Waals surface area contributed by atoms with E-state index >= 15 is 0 Å². The third-order valence-electron chi connectivity index (χ3n) is 4.45. The molecule has 6 nitrogen and oxygen atoms in total. The van der Waals surface area contributed by atoms with Gasteiger partial charge in [0, 0.05) is 32.8 Å². The molecule has 2 amide bonds. The summed E-state index contributed by atoms with van der Waals surface area (Å²) in [4.78, 5) is 27.2. The van der Waals surface area contributed by atoms with Gasteiger partial charge in [0.2, 0.25) is 0 Å². The lowest BCUT2D eigenvalue weighted by atomic mass is 9.92. The lowest BCUT2D eigenvalue weighted by Crippen LogP contribution is -2.54. The molecular formula is C14H24N2O4. The Morgan fingerprint density at radius 3 is 2.60 bits per heavy atom. The van der Waals surface area contributed by atoms with E-state index < -0.39 is 5.97 Å². The predicted molar refractivity (Wildman–Crippen MR) is 73.5 cm³/mol. The molecule has 0 saturated carbocycles. The van der Waals surface area contributed by atoms with E-state index in [4.69, 9.17) is 9.84 Å². The van der Waals surface area contributed by atoms with E-state index in [1.807, 2.05) is 16.7 Å². The minimum absolute atomic E-state index is 0.0136. The van der Waals surface area contributed by atoms with Gasteiger partial charge in [0.15, 0.2) is 0 Å². The van der Waals surface area contributed by atoms with Gasteiger partial charge in [-0.1, -0.05) is 0 Å². The van der Waals surface area contributed by atoms with Gasteiger partial charge in [-0.3, -0.25) is 4.79 Å². The third kappa shape index (κ3) is 3.23. The number of carboxylic acids is 1. The molecule has 20 heavy (non-hydrogen) atoms. The summed E-state index contributed by atoms with van der Waals surface area (Å²) in [5.41, 5.74) is 0. The highest BCUT2D eigenvalue weighted by Gasteiger charge is 2.35. The molecule has 0 aromatic rings. The number of hydrogen-bond acceptors (Lipinski definition) is 3. The first-order valence-corrected chi connectivity index (χ1v) is 7.34. The van der Waals surface area contributed by atoms with Crippen molar-refractivity contribution in [1.82, 2.24) is 9.80 Å². The minimum atomic E-state index is -0.749.